The molecule has 2 aromatic carbocycles. The Kier molecular flexibility index (Phi) is 8.80. The number of quaternary nitrogens is 1. The van der Waals surface area contributed by atoms with Gasteiger partial charge in [0.05, 0.1) is 32.5 Å². The first kappa shape index (κ1) is 25.4. The number of hydrogen-bond acceptors (Lipinski definition) is 5. The van der Waals surface area contributed by atoms with E-state index in [9.17, 15) is 14.4 Å². The SMILES string of the molecule is CCC(C(=O)Nc1c(C)cc(Cl)cc1C(=O)OC)[N+](C)(C)CC(=O)OCc1ccccc1. The van der Waals surface area contributed by atoms with Gasteiger partial charge in [-0.2, -0.15) is 0 Å². The Morgan fingerprint density at radius 2 is 1.78 bits per heavy atom. The summed E-state index contributed by atoms with van der Waals surface area (Å²) in [6.07, 6.45) is 0.477. The lowest BCUT2D eigenvalue weighted by Crippen LogP contribution is -2.56. The van der Waals surface area contributed by atoms with E-state index in [-0.39, 0.29) is 29.1 Å². The maximum absolute atomic E-state index is 13.2. The molecule has 0 saturated carbocycles. The summed E-state index contributed by atoms with van der Waals surface area (Å²) in [5.41, 5.74) is 2.04. The maximum atomic E-state index is 13.2. The topological polar surface area (TPSA) is 81.7 Å². The minimum Gasteiger partial charge on any atom is -0.465 e. The van der Waals surface area contributed by atoms with E-state index in [1.54, 1.807) is 27.1 Å². The van der Waals surface area contributed by atoms with Crippen molar-refractivity contribution in [3.63, 3.8) is 0 Å². The molecule has 0 bridgehead atoms. The molecule has 0 aromatic heterocycles. The molecule has 32 heavy (non-hydrogen) atoms. The summed E-state index contributed by atoms with van der Waals surface area (Å²) in [4.78, 5) is 37.8. The number of carbonyl (C=O) groups excluding carboxylic acids is 3. The molecule has 0 fully saturated rings. The highest BCUT2D eigenvalue weighted by molar-refractivity contribution is 6.31. The fourth-order valence-electron chi connectivity index (χ4n) is 3.61. The molecular formula is C24H30ClN2O5+. The molecule has 2 aromatic rings. The van der Waals surface area contributed by atoms with Crippen molar-refractivity contribution in [2.24, 2.45) is 0 Å². The Bertz CT molecular complexity index is 976. The molecular weight excluding hydrogens is 432 g/mol. The summed E-state index contributed by atoms with van der Waals surface area (Å²) in [5.74, 6) is -1.32. The summed E-state index contributed by atoms with van der Waals surface area (Å²) < 4.78 is 10.3. The second-order valence-electron chi connectivity index (χ2n) is 8.13. The first-order valence-corrected chi connectivity index (χ1v) is 10.7. The number of nitrogens with one attached hydrogen (secondary N) is 1. The third-order valence-electron chi connectivity index (χ3n) is 5.27. The Morgan fingerprint density at radius 3 is 2.38 bits per heavy atom. The van der Waals surface area contributed by atoms with Gasteiger partial charge in [0.15, 0.2) is 12.6 Å². The fourth-order valence-corrected chi connectivity index (χ4v) is 3.88. The van der Waals surface area contributed by atoms with E-state index in [2.05, 4.69) is 5.32 Å². The molecule has 0 spiro atoms. The lowest BCUT2D eigenvalue weighted by atomic mass is 10.1. The average Bonchev–Trinajstić information content (AvgIpc) is 2.74. The Morgan fingerprint density at radius 1 is 1.12 bits per heavy atom. The highest BCUT2D eigenvalue weighted by Crippen LogP contribution is 2.27. The number of hydrogen-bond donors (Lipinski definition) is 1. The van der Waals surface area contributed by atoms with Crippen LogP contribution in [0.5, 0.6) is 0 Å². The number of ether oxygens (including phenoxy) is 2. The molecule has 1 amide bonds. The molecule has 1 atom stereocenters. The van der Waals surface area contributed by atoms with Crippen molar-refractivity contribution in [2.75, 3.05) is 33.1 Å². The zero-order chi connectivity index (χ0) is 23.9. The number of likely N-dealkylation sites (N-methyl/N-ethyl adjacent to an activating group) is 1. The number of aryl methyl sites for hydroxylation is 1. The Hall–Kier alpha value is -2.90. The molecule has 0 aliphatic carbocycles. The molecule has 172 valence electrons. The van der Waals surface area contributed by atoms with Gasteiger partial charge >= 0.3 is 11.9 Å². The molecule has 7 nitrogen and oxygen atoms in total. The molecule has 1 N–H and O–H groups in total. The van der Waals surface area contributed by atoms with Gasteiger partial charge < -0.3 is 19.3 Å². The van der Waals surface area contributed by atoms with Crippen LogP contribution in [0.1, 0.15) is 34.8 Å². The van der Waals surface area contributed by atoms with E-state index in [1.807, 2.05) is 37.3 Å². The number of anilines is 1. The highest BCUT2D eigenvalue weighted by atomic mass is 35.5. The van der Waals surface area contributed by atoms with Crippen LogP contribution in [0, 0.1) is 6.92 Å². The molecule has 0 heterocycles. The zero-order valence-electron chi connectivity index (χ0n) is 19.1. The third kappa shape index (κ3) is 6.55. The number of amides is 1. The summed E-state index contributed by atoms with van der Waals surface area (Å²) in [7, 11) is 4.86. The lowest BCUT2D eigenvalue weighted by Gasteiger charge is -2.35. The predicted molar refractivity (Wildman–Crippen MR) is 123 cm³/mol. The summed E-state index contributed by atoms with van der Waals surface area (Å²) >= 11 is 6.08. The molecule has 0 saturated heterocycles. The van der Waals surface area contributed by atoms with Crippen LogP contribution in [0.25, 0.3) is 0 Å². The smallest absolute Gasteiger partial charge is 0.362 e. The van der Waals surface area contributed by atoms with Gasteiger partial charge in [-0.25, -0.2) is 9.59 Å². The maximum Gasteiger partial charge on any atom is 0.362 e. The van der Waals surface area contributed by atoms with Gasteiger partial charge in [0.25, 0.3) is 5.91 Å². The standard InChI is InChI=1S/C24H29ClN2O5/c1-6-20(27(3,4)14-21(28)32-15-17-10-8-7-9-11-17)23(29)26-22-16(2)12-18(25)13-19(22)24(30)31-5/h7-13,20H,6,14-15H2,1-5H3/p+1. The van der Waals surface area contributed by atoms with E-state index < -0.39 is 18.0 Å². The van der Waals surface area contributed by atoms with Crippen molar-refractivity contribution >= 4 is 35.1 Å². The van der Waals surface area contributed by atoms with Crippen LogP contribution >= 0.6 is 11.6 Å². The third-order valence-corrected chi connectivity index (χ3v) is 5.48. The van der Waals surface area contributed by atoms with Gasteiger partial charge in [-0.05, 0) is 30.2 Å². The van der Waals surface area contributed by atoms with Crippen LogP contribution in [0.3, 0.4) is 0 Å². The molecule has 0 aliphatic heterocycles. The first-order chi connectivity index (χ1) is 15.1. The average molecular weight is 462 g/mol. The van der Waals surface area contributed by atoms with Crippen molar-refractivity contribution in [2.45, 2.75) is 32.9 Å². The van der Waals surface area contributed by atoms with Gasteiger partial charge in [0.1, 0.15) is 6.61 Å². The second-order valence-corrected chi connectivity index (χ2v) is 8.57. The molecule has 0 radical (unpaired) electrons. The van der Waals surface area contributed by atoms with E-state index in [0.717, 1.165) is 5.56 Å². The van der Waals surface area contributed by atoms with Crippen LogP contribution in [0.4, 0.5) is 5.69 Å². The number of halogens is 1. The normalized spacial score (nSPS) is 12.1. The van der Waals surface area contributed by atoms with Crippen molar-refractivity contribution in [1.29, 1.82) is 0 Å². The van der Waals surface area contributed by atoms with Crippen LogP contribution in [0.2, 0.25) is 5.02 Å². The monoisotopic (exact) mass is 461 g/mol. The van der Waals surface area contributed by atoms with Crippen molar-refractivity contribution < 1.29 is 28.3 Å². The van der Waals surface area contributed by atoms with Crippen molar-refractivity contribution in [3.05, 3.63) is 64.2 Å². The molecule has 1 unspecified atom stereocenters. The van der Waals surface area contributed by atoms with E-state index in [0.29, 0.717) is 22.7 Å². The molecule has 2 rings (SSSR count). The van der Waals surface area contributed by atoms with Gasteiger partial charge in [-0.3, -0.25) is 4.79 Å². The molecule has 0 aliphatic rings. The summed E-state index contributed by atoms with van der Waals surface area (Å²) in [5, 5.41) is 3.21. The quantitative estimate of drug-likeness (QED) is 0.451. The van der Waals surface area contributed by atoms with E-state index >= 15 is 0 Å². The van der Waals surface area contributed by atoms with Crippen molar-refractivity contribution in [3.8, 4) is 0 Å². The number of benzene rings is 2. The van der Waals surface area contributed by atoms with Crippen molar-refractivity contribution in [1.82, 2.24) is 0 Å². The number of rotatable bonds is 9. The van der Waals surface area contributed by atoms with E-state index in [4.69, 9.17) is 21.1 Å². The molecule has 8 heteroatoms. The van der Waals surface area contributed by atoms with Gasteiger partial charge in [0.2, 0.25) is 0 Å². The van der Waals surface area contributed by atoms with Crippen LogP contribution in [0.15, 0.2) is 42.5 Å². The largest absolute Gasteiger partial charge is 0.465 e. The van der Waals surface area contributed by atoms with Gasteiger partial charge in [0, 0.05) is 11.4 Å². The Balaban J connectivity index is 2.14. The number of esters is 2. The number of methoxy groups -OCH3 is 1. The highest BCUT2D eigenvalue weighted by Gasteiger charge is 2.36. The van der Waals surface area contributed by atoms with Gasteiger partial charge in [-0.1, -0.05) is 48.9 Å². The lowest BCUT2D eigenvalue weighted by molar-refractivity contribution is -0.898. The Labute approximate surface area is 193 Å². The minimum absolute atomic E-state index is 0.0161. The second kappa shape index (κ2) is 11.1. The van der Waals surface area contributed by atoms with E-state index in [1.165, 1.54) is 13.2 Å². The number of nitrogens with zero attached hydrogens (tertiary/aromatic N) is 1. The van der Waals surface area contributed by atoms with Gasteiger partial charge in [-0.15, -0.1) is 0 Å². The number of carbonyl (C=O) groups is 3. The van der Waals surface area contributed by atoms with Crippen LogP contribution in [-0.2, 0) is 25.7 Å². The van der Waals surface area contributed by atoms with Crippen LogP contribution in [-0.4, -0.2) is 56.1 Å². The minimum atomic E-state index is -0.600. The fraction of sp³-hybridized carbons (Fsp3) is 0.375. The summed E-state index contributed by atoms with van der Waals surface area (Å²) in [6.45, 7) is 3.81. The zero-order valence-corrected chi connectivity index (χ0v) is 19.9. The van der Waals surface area contributed by atoms with Crippen LogP contribution < -0.4 is 5.32 Å². The predicted octanol–water partition coefficient (Wildman–Crippen LogP) is 3.97. The summed E-state index contributed by atoms with van der Waals surface area (Å²) in [6, 6.07) is 12.0. The first-order valence-electron chi connectivity index (χ1n) is 10.3.